The summed E-state index contributed by atoms with van der Waals surface area (Å²) in [5.74, 6) is -0.0779. The quantitative estimate of drug-likeness (QED) is 0.885. The lowest BCUT2D eigenvalue weighted by atomic mass is 9.99. The Morgan fingerprint density at radius 1 is 1.50 bits per heavy atom. The number of carbonyl (C=O) groups excluding carboxylic acids is 1. The Balaban J connectivity index is 2.12. The van der Waals surface area contributed by atoms with E-state index in [1.807, 2.05) is 0 Å². The molecule has 0 aromatic carbocycles. The molecular formula is C16H19ClN4O3. The van der Waals surface area contributed by atoms with E-state index in [4.69, 9.17) is 17.3 Å². The zero-order chi connectivity index (χ0) is 17.4. The van der Waals surface area contributed by atoms with E-state index in [1.165, 1.54) is 12.6 Å². The first kappa shape index (κ1) is 16.7. The highest BCUT2D eigenvalue weighted by Gasteiger charge is 2.22. The Kier molecular flexibility index (Phi) is 4.47. The summed E-state index contributed by atoms with van der Waals surface area (Å²) in [6.45, 7) is 4.58. The van der Waals surface area contributed by atoms with Crippen molar-refractivity contribution in [3.8, 4) is 0 Å². The van der Waals surface area contributed by atoms with Crippen molar-refractivity contribution in [3.05, 3.63) is 28.5 Å². The molecule has 0 radical (unpaired) electrons. The Bertz CT molecular complexity index is 817. The second-order valence-electron chi connectivity index (χ2n) is 6.34. The largest absolute Gasteiger partial charge is 0.464 e. The summed E-state index contributed by atoms with van der Waals surface area (Å²) in [6.07, 6.45) is 2.44. The van der Waals surface area contributed by atoms with E-state index >= 15 is 0 Å². The van der Waals surface area contributed by atoms with Crippen molar-refractivity contribution in [1.29, 1.82) is 0 Å². The zero-order valence-electron chi connectivity index (χ0n) is 13.3. The molecule has 0 aliphatic carbocycles. The van der Waals surface area contributed by atoms with Crippen molar-refractivity contribution in [2.24, 2.45) is 11.7 Å². The van der Waals surface area contributed by atoms with E-state index in [2.05, 4.69) is 16.8 Å². The molecule has 2 aromatic heterocycles. The molecule has 2 aromatic rings. The number of carboxylic acid groups (broad SMARTS) is 1. The molecule has 8 heteroatoms. The van der Waals surface area contributed by atoms with Crippen molar-refractivity contribution < 1.29 is 14.7 Å². The van der Waals surface area contributed by atoms with Crippen molar-refractivity contribution in [2.75, 3.05) is 13.1 Å². The first-order valence-corrected chi connectivity index (χ1v) is 8.20. The van der Waals surface area contributed by atoms with Crippen LogP contribution in [0.2, 0.25) is 5.02 Å². The van der Waals surface area contributed by atoms with Gasteiger partial charge >= 0.3 is 6.09 Å². The molecule has 0 bridgehead atoms. The predicted octanol–water partition coefficient (Wildman–Crippen LogP) is 2.55. The minimum atomic E-state index is -1.14. The van der Waals surface area contributed by atoms with Gasteiger partial charge in [0, 0.05) is 19.3 Å². The second kappa shape index (κ2) is 6.41. The molecule has 3 rings (SSSR count). The number of carbonyl (C=O) groups is 2. The lowest BCUT2D eigenvalue weighted by Crippen LogP contribution is -2.34. The molecule has 1 saturated heterocycles. The number of aromatic nitrogens is 2. The lowest BCUT2D eigenvalue weighted by Gasteiger charge is -2.31. The molecule has 3 heterocycles. The number of primary amides is 1. The summed E-state index contributed by atoms with van der Waals surface area (Å²) >= 11 is 6.12. The first-order valence-electron chi connectivity index (χ1n) is 7.82. The average molecular weight is 351 g/mol. The van der Waals surface area contributed by atoms with Gasteiger partial charge in [-0.1, -0.05) is 18.5 Å². The van der Waals surface area contributed by atoms with Crippen molar-refractivity contribution in [1.82, 2.24) is 14.5 Å². The topological polar surface area (TPSA) is 101 Å². The van der Waals surface area contributed by atoms with E-state index in [9.17, 15) is 14.7 Å². The average Bonchev–Trinajstić information content (AvgIpc) is 2.85. The third-order valence-corrected chi connectivity index (χ3v) is 4.65. The molecule has 7 nitrogen and oxygen atoms in total. The second-order valence-corrected chi connectivity index (χ2v) is 6.75. The lowest BCUT2D eigenvalue weighted by molar-refractivity contribution is 0.0995. The summed E-state index contributed by atoms with van der Waals surface area (Å²) in [5.41, 5.74) is 6.85. The Morgan fingerprint density at radius 3 is 2.88 bits per heavy atom. The van der Waals surface area contributed by atoms with E-state index in [1.54, 1.807) is 6.07 Å². The number of piperidine rings is 1. The summed E-state index contributed by atoms with van der Waals surface area (Å²) in [6, 6.07) is 1.57. The summed E-state index contributed by atoms with van der Waals surface area (Å²) in [7, 11) is 0. The molecule has 1 aliphatic heterocycles. The van der Waals surface area contributed by atoms with E-state index < -0.39 is 12.0 Å². The molecule has 0 spiro atoms. The van der Waals surface area contributed by atoms with Gasteiger partial charge in [-0.2, -0.15) is 0 Å². The van der Waals surface area contributed by atoms with Gasteiger partial charge in [-0.3, -0.25) is 9.69 Å². The van der Waals surface area contributed by atoms with Crippen LogP contribution in [0.5, 0.6) is 0 Å². The number of nitrogens with zero attached hydrogens (tertiary/aromatic N) is 3. The van der Waals surface area contributed by atoms with E-state index in [-0.39, 0.29) is 16.2 Å². The molecule has 1 fully saturated rings. The molecule has 3 N–H and O–H groups in total. The van der Waals surface area contributed by atoms with E-state index in [0.29, 0.717) is 23.5 Å². The van der Waals surface area contributed by atoms with Gasteiger partial charge in [0.1, 0.15) is 11.2 Å². The third kappa shape index (κ3) is 3.09. The van der Waals surface area contributed by atoms with Crippen LogP contribution in [0, 0.1) is 5.92 Å². The van der Waals surface area contributed by atoms with Crippen molar-refractivity contribution >= 4 is 34.6 Å². The highest BCUT2D eigenvalue weighted by molar-refractivity contribution is 6.35. The van der Waals surface area contributed by atoms with Crippen LogP contribution in [0.4, 0.5) is 4.79 Å². The molecular weight excluding hydrogens is 332 g/mol. The van der Waals surface area contributed by atoms with Crippen LogP contribution >= 0.6 is 11.6 Å². The molecule has 1 aliphatic rings. The summed E-state index contributed by atoms with van der Waals surface area (Å²) in [4.78, 5) is 29.5. The smallest absolute Gasteiger partial charge is 0.416 e. The maximum Gasteiger partial charge on any atom is 0.416 e. The number of halogens is 1. The van der Waals surface area contributed by atoms with Crippen LogP contribution < -0.4 is 5.73 Å². The number of nitrogens with two attached hydrogens (primary N) is 1. The van der Waals surface area contributed by atoms with Crippen LogP contribution in [0.15, 0.2) is 12.3 Å². The predicted molar refractivity (Wildman–Crippen MR) is 90.4 cm³/mol. The van der Waals surface area contributed by atoms with Gasteiger partial charge in [0.05, 0.1) is 10.5 Å². The molecule has 1 amide bonds. The van der Waals surface area contributed by atoms with Gasteiger partial charge in [0.25, 0.3) is 5.91 Å². The van der Waals surface area contributed by atoms with Gasteiger partial charge in [0.2, 0.25) is 0 Å². The van der Waals surface area contributed by atoms with Crippen LogP contribution in [0.25, 0.3) is 11.0 Å². The van der Waals surface area contributed by atoms with E-state index in [0.717, 1.165) is 24.1 Å². The van der Waals surface area contributed by atoms with Gasteiger partial charge in [-0.25, -0.2) is 14.3 Å². The van der Waals surface area contributed by atoms with Crippen LogP contribution in [-0.4, -0.2) is 44.6 Å². The van der Waals surface area contributed by atoms with Crippen LogP contribution in [-0.2, 0) is 6.54 Å². The summed E-state index contributed by atoms with van der Waals surface area (Å²) < 4.78 is 1.05. The Hall–Kier alpha value is -2.12. The maximum atomic E-state index is 11.6. The maximum absolute atomic E-state index is 11.6. The highest BCUT2D eigenvalue weighted by atomic mass is 35.5. The fraction of sp³-hybridized carbons (Fsp3) is 0.438. The number of fused-ring (bicyclic) bond motifs is 1. The minimum absolute atomic E-state index is 0.0904. The zero-order valence-corrected chi connectivity index (χ0v) is 14.1. The summed E-state index contributed by atoms with van der Waals surface area (Å²) in [5, 5.41) is 9.60. The van der Waals surface area contributed by atoms with Crippen molar-refractivity contribution in [3.63, 3.8) is 0 Å². The van der Waals surface area contributed by atoms with Crippen molar-refractivity contribution in [2.45, 2.75) is 26.3 Å². The Morgan fingerprint density at radius 2 is 2.25 bits per heavy atom. The molecule has 1 atom stereocenters. The number of amides is 1. The van der Waals surface area contributed by atoms with Gasteiger partial charge < -0.3 is 10.8 Å². The van der Waals surface area contributed by atoms with Crippen LogP contribution in [0.3, 0.4) is 0 Å². The number of hydrogen-bond donors (Lipinski definition) is 2. The Labute approximate surface area is 144 Å². The van der Waals surface area contributed by atoms with Crippen LogP contribution in [0.1, 0.15) is 35.8 Å². The highest BCUT2D eigenvalue weighted by Crippen LogP contribution is 2.29. The monoisotopic (exact) mass is 350 g/mol. The van der Waals surface area contributed by atoms with Gasteiger partial charge in [-0.15, -0.1) is 0 Å². The molecule has 24 heavy (non-hydrogen) atoms. The number of hydrogen-bond acceptors (Lipinski definition) is 4. The number of likely N-dealkylation sites (tertiary alicyclic amines) is 1. The number of rotatable bonds is 3. The fourth-order valence-corrected chi connectivity index (χ4v) is 3.56. The molecule has 128 valence electrons. The standard InChI is InChI=1S/C16H19ClN4O3/c1-9-3-2-4-20(6-9)7-10-5-12(15(18)22)19-13-11(17)8-21(14(10)13)16(23)24/h5,8-9H,2-4,6-7H2,1H3,(H2,18,22)(H,23,24)/t9-/m0/s1. The normalized spacial score (nSPS) is 18.8. The molecule has 0 unspecified atom stereocenters. The minimum Gasteiger partial charge on any atom is -0.464 e. The first-order chi connectivity index (χ1) is 11.4. The van der Waals surface area contributed by atoms with Gasteiger partial charge in [-0.05, 0) is 36.9 Å². The third-order valence-electron chi connectivity index (χ3n) is 4.37. The fourth-order valence-electron chi connectivity index (χ4n) is 3.33. The molecule has 0 saturated carbocycles. The van der Waals surface area contributed by atoms with Gasteiger partial charge in [0.15, 0.2) is 0 Å². The SMILES string of the molecule is C[C@H]1CCCN(Cc2cc(C(N)=O)nc3c(Cl)cn(C(=O)O)c23)C1. The number of pyridine rings is 1.